The molecule has 4 aromatic rings. The summed E-state index contributed by atoms with van der Waals surface area (Å²) in [5.41, 5.74) is 1.79. The van der Waals surface area contributed by atoms with Crippen LogP contribution in [0.3, 0.4) is 0 Å². The predicted molar refractivity (Wildman–Crippen MR) is 190 cm³/mol. The van der Waals surface area contributed by atoms with Gasteiger partial charge in [0.25, 0.3) is 0 Å². The zero-order chi connectivity index (χ0) is 34.9. The zero-order valence-corrected chi connectivity index (χ0v) is 27.9. The van der Waals surface area contributed by atoms with Crippen molar-refractivity contribution in [1.29, 1.82) is 0 Å². The first-order valence-corrected chi connectivity index (χ1v) is 17.0. The van der Waals surface area contributed by atoms with E-state index in [1.54, 1.807) is 66.7 Å². The zero-order valence-electron chi connectivity index (χ0n) is 27.2. The van der Waals surface area contributed by atoms with Crippen LogP contribution in [0, 0.1) is 23.7 Å². The highest BCUT2D eigenvalue weighted by molar-refractivity contribution is 6.32. The maximum absolute atomic E-state index is 15.4. The number of carbonyl (C=O) groups excluding carboxylic acids is 4. The predicted octanol–water partition coefficient (Wildman–Crippen LogP) is 7.06. The molecule has 0 radical (unpaired) electrons. The van der Waals surface area contributed by atoms with E-state index < -0.39 is 46.8 Å². The number of benzene rings is 4. The molecule has 0 aromatic heterocycles. The normalized spacial score (nSPS) is 27.1. The highest BCUT2D eigenvalue weighted by Crippen LogP contribution is 2.66. The summed E-state index contributed by atoms with van der Waals surface area (Å²) in [5, 5.41) is 12.0. The lowest BCUT2D eigenvalue weighted by molar-refractivity contribution is -0.127. The van der Waals surface area contributed by atoms with E-state index in [1.807, 2.05) is 36.4 Å². The first-order chi connectivity index (χ1) is 24.2. The molecule has 2 aliphatic heterocycles. The average molecular weight is 685 g/mol. The Hall–Kier alpha value is -5.47. The third-order valence-corrected chi connectivity index (χ3v) is 11.3. The van der Waals surface area contributed by atoms with Gasteiger partial charge in [-0.2, -0.15) is 0 Å². The van der Waals surface area contributed by atoms with E-state index in [4.69, 9.17) is 16.3 Å². The molecular weight excluding hydrogens is 652 g/mol. The molecule has 9 heteroatoms. The van der Waals surface area contributed by atoms with Crippen molar-refractivity contribution in [2.75, 3.05) is 16.9 Å². The summed E-state index contributed by atoms with van der Waals surface area (Å²) in [5.74, 6) is -5.21. The Morgan fingerprint density at radius 3 is 2.28 bits per heavy atom. The van der Waals surface area contributed by atoms with Crippen molar-refractivity contribution < 1.29 is 29.0 Å². The van der Waals surface area contributed by atoms with Gasteiger partial charge in [-0.25, -0.2) is 4.90 Å². The van der Waals surface area contributed by atoms with E-state index in [0.29, 0.717) is 33.3 Å². The number of fused-ring (bicyclic) bond motifs is 4. The minimum Gasteiger partial charge on any atom is -0.508 e. The van der Waals surface area contributed by atoms with E-state index in [-0.39, 0.29) is 30.4 Å². The molecule has 2 saturated heterocycles. The van der Waals surface area contributed by atoms with Crippen LogP contribution in [0.25, 0.3) is 6.08 Å². The number of amides is 4. The molecule has 3 fully saturated rings. The number of halogens is 1. The number of allylic oxidation sites excluding steroid dienone is 2. The second-order valence-corrected chi connectivity index (χ2v) is 13.7. The molecule has 4 amide bonds. The summed E-state index contributed by atoms with van der Waals surface area (Å²) in [7, 11) is 1.49. The van der Waals surface area contributed by atoms with Gasteiger partial charge in [-0.05, 0) is 72.4 Å². The number of carbonyl (C=O) groups is 4. The number of anilines is 2. The Morgan fingerprint density at radius 2 is 1.58 bits per heavy atom. The van der Waals surface area contributed by atoms with Gasteiger partial charge in [0.1, 0.15) is 11.5 Å². The summed E-state index contributed by atoms with van der Waals surface area (Å²) in [6.07, 6.45) is 4.04. The van der Waals surface area contributed by atoms with Gasteiger partial charge in [-0.1, -0.05) is 90.5 Å². The van der Waals surface area contributed by atoms with Gasteiger partial charge in [0.2, 0.25) is 23.6 Å². The van der Waals surface area contributed by atoms with Crippen molar-refractivity contribution in [3.05, 3.63) is 137 Å². The quantitative estimate of drug-likeness (QED) is 0.172. The van der Waals surface area contributed by atoms with Gasteiger partial charge in [0.05, 0.1) is 41.7 Å². The molecule has 250 valence electrons. The molecule has 0 unspecified atom stereocenters. The number of ether oxygens (including phenoxy) is 1. The number of phenolic OH excluding ortho intramolecular Hbond substituents is 1. The van der Waals surface area contributed by atoms with Crippen molar-refractivity contribution in [1.82, 2.24) is 0 Å². The molecule has 0 spiro atoms. The summed E-state index contributed by atoms with van der Waals surface area (Å²) in [6, 6.07) is 27.8. The van der Waals surface area contributed by atoms with Crippen LogP contribution in [-0.2, 0) is 24.6 Å². The van der Waals surface area contributed by atoms with Gasteiger partial charge in [0, 0.05) is 16.5 Å². The van der Waals surface area contributed by atoms with Gasteiger partial charge >= 0.3 is 0 Å². The molecular formula is C41H33ClN2O6. The Morgan fingerprint density at radius 1 is 0.840 bits per heavy atom. The molecule has 0 bridgehead atoms. The summed E-state index contributed by atoms with van der Waals surface area (Å²) in [6.45, 7) is 3.79. The SMILES string of the molecule is C=Cc1ccc(N2C(=O)[C@H]3[C@H](CC=C4[C@H]3C[C@H]3C(=O)N(c5cccc(Cl)c5)C(=O)[C@@]3(c3ccccc3)[C@H]4c3c(O)cccc3OC)C2=O)cc1. The number of nitrogens with zero attached hydrogens (tertiary/aromatic N) is 2. The van der Waals surface area contributed by atoms with Crippen molar-refractivity contribution in [3.63, 3.8) is 0 Å². The second-order valence-electron chi connectivity index (χ2n) is 13.3. The van der Waals surface area contributed by atoms with Gasteiger partial charge in [-0.3, -0.25) is 24.1 Å². The van der Waals surface area contributed by atoms with E-state index in [0.717, 1.165) is 11.1 Å². The van der Waals surface area contributed by atoms with Crippen LogP contribution in [0.2, 0.25) is 5.02 Å². The van der Waals surface area contributed by atoms with E-state index in [1.165, 1.54) is 23.0 Å². The lowest BCUT2D eigenvalue weighted by atomic mass is 9.49. The molecule has 4 aliphatic rings. The van der Waals surface area contributed by atoms with Crippen molar-refractivity contribution in [2.24, 2.45) is 23.7 Å². The summed E-state index contributed by atoms with van der Waals surface area (Å²) >= 11 is 6.39. The Labute approximate surface area is 294 Å². The number of methoxy groups -OCH3 is 1. The Balaban J connectivity index is 1.36. The lowest BCUT2D eigenvalue weighted by Crippen LogP contribution is -2.53. The fourth-order valence-corrected chi connectivity index (χ4v) is 9.26. The first kappa shape index (κ1) is 31.8. The van der Waals surface area contributed by atoms with Crippen LogP contribution < -0.4 is 14.5 Å². The van der Waals surface area contributed by atoms with Gasteiger partial charge in [-0.15, -0.1) is 0 Å². The number of imide groups is 2. The molecule has 2 aliphatic carbocycles. The minimum atomic E-state index is -1.53. The summed E-state index contributed by atoms with van der Waals surface area (Å²) in [4.78, 5) is 61.3. The molecule has 4 aromatic carbocycles. The van der Waals surface area contributed by atoms with E-state index >= 15 is 4.79 Å². The second kappa shape index (κ2) is 11.8. The molecule has 1 N–H and O–H groups in total. The monoisotopic (exact) mass is 684 g/mol. The molecule has 8 nitrogen and oxygen atoms in total. The van der Waals surface area contributed by atoms with Crippen molar-refractivity contribution in [3.8, 4) is 11.5 Å². The number of phenols is 1. The van der Waals surface area contributed by atoms with Crippen LogP contribution in [0.1, 0.15) is 35.4 Å². The van der Waals surface area contributed by atoms with Crippen LogP contribution >= 0.6 is 11.6 Å². The van der Waals surface area contributed by atoms with E-state index in [9.17, 15) is 19.5 Å². The Bertz CT molecular complexity index is 2130. The van der Waals surface area contributed by atoms with Crippen LogP contribution in [-0.4, -0.2) is 35.8 Å². The molecule has 50 heavy (non-hydrogen) atoms. The highest BCUT2D eigenvalue weighted by Gasteiger charge is 2.71. The average Bonchev–Trinajstić information content (AvgIpc) is 3.52. The smallest absolute Gasteiger partial charge is 0.246 e. The number of hydrogen-bond acceptors (Lipinski definition) is 6. The molecule has 6 atom stereocenters. The van der Waals surface area contributed by atoms with E-state index in [2.05, 4.69) is 6.58 Å². The molecule has 2 heterocycles. The van der Waals surface area contributed by atoms with Crippen LogP contribution in [0.5, 0.6) is 11.5 Å². The first-order valence-electron chi connectivity index (χ1n) is 16.6. The number of hydrogen-bond donors (Lipinski definition) is 1. The third-order valence-electron chi connectivity index (χ3n) is 11.1. The largest absolute Gasteiger partial charge is 0.508 e. The Kier molecular flexibility index (Phi) is 7.53. The van der Waals surface area contributed by atoms with Crippen molar-refractivity contribution >= 4 is 52.7 Å². The maximum atomic E-state index is 15.4. The minimum absolute atomic E-state index is 0.105. The standard InChI is InChI=1S/C41H33ClN2O6/c1-3-23-15-17-26(18-16-23)43-37(46)29-20-19-28-30(34(29)39(43)48)22-31-38(47)44(27-12-7-11-25(42)21-27)40(49)41(31,24-9-5-4-6-10-24)36(28)35-32(45)13-8-14-33(35)50-2/h3-19,21,29-31,34,36,45H,1,20,22H2,2H3/t29-,30+,31-,34-,36+,41+/m0/s1. The van der Waals surface area contributed by atoms with Gasteiger partial charge in [0.15, 0.2) is 0 Å². The number of aromatic hydroxyl groups is 1. The van der Waals surface area contributed by atoms with Crippen molar-refractivity contribution in [2.45, 2.75) is 24.2 Å². The number of rotatable bonds is 6. The highest BCUT2D eigenvalue weighted by atomic mass is 35.5. The van der Waals surface area contributed by atoms with Crippen LogP contribution in [0.15, 0.2) is 115 Å². The fraction of sp³-hybridized carbons (Fsp3) is 0.220. The maximum Gasteiger partial charge on any atom is 0.246 e. The fourth-order valence-electron chi connectivity index (χ4n) is 9.07. The topological polar surface area (TPSA) is 104 Å². The molecule has 1 saturated carbocycles. The van der Waals surface area contributed by atoms with Gasteiger partial charge < -0.3 is 9.84 Å². The van der Waals surface area contributed by atoms with Crippen LogP contribution in [0.4, 0.5) is 11.4 Å². The third kappa shape index (κ3) is 4.37. The molecule has 8 rings (SSSR count). The summed E-state index contributed by atoms with van der Waals surface area (Å²) < 4.78 is 5.85. The lowest BCUT2D eigenvalue weighted by Gasteiger charge is -2.51.